The fourth-order valence-electron chi connectivity index (χ4n) is 1.50. The molecule has 0 aromatic heterocycles. The van der Waals surface area contributed by atoms with Crippen LogP contribution >= 0.6 is 0 Å². The van der Waals surface area contributed by atoms with Gasteiger partial charge in [-0.25, -0.2) is 0 Å². The third-order valence-electron chi connectivity index (χ3n) is 2.32. The lowest BCUT2D eigenvalue weighted by molar-refractivity contribution is 1.11. The van der Waals surface area contributed by atoms with E-state index in [0.717, 1.165) is 12.8 Å². The molecule has 58 valence electrons. The van der Waals surface area contributed by atoms with Crippen molar-refractivity contribution in [2.45, 2.75) is 26.7 Å². The molecule has 0 radical (unpaired) electrons. The maximum Gasteiger partial charge on any atom is 0.140 e. The maximum atomic E-state index is 2.22. The molecular formula is C10H15B. The smallest absolute Gasteiger partial charge is 0.0827 e. The number of hydrogen-bond acceptors (Lipinski definition) is 0. The van der Waals surface area contributed by atoms with Crippen LogP contribution in [0.2, 0.25) is 0 Å². The van der Waals surface area contributed by atoms with Crippen molar-refractivity contribution in [3.8, 4) is 0 Å². The van der Waals surface area contributed by atoms with Gasteiger partial charge in [-0.1, -0.05) is 48.6 Å². The Morgan fingerprint density at radius 1 is 1.09 bits per heavy atom. The average molecular weight is 146 g/mol. The number of hydrogen-bond donors (Lipinski definition) is 0. The molecule has 11 heavy (non-hydrogen) atoms. The molecule has 0 amide bonds. The second-order valence-electron chi connectivity index (χ2n) is 2.91. The highest BCUT2D eigenvalue weighted by Crippen LogP contribution is 2.01. The highest BCUT2D eigenvalue weighted by atomic mass is 14.0. The largest absolute Gasteiger partial charge is 0.140 e. The van der Waals surface area contributed by atoms with Crippen LogP contribution in [0, 0.1) is 0 Å². The Morgan fingerprint density at radius 3 is 1.91 bits per heavy atom. The summed E-state index contributed by atoms with van der Waals surface area (Å²) in [6, 6.07) is 6.59. The summed E-state index contributed by atoms with van der Waals surface area (Å²) in [6.07, 6.45) is 2.30. The molecule has 0 nitrogen and oxygen atoms in total. The van der Waals surface area contributed by atoms with Crippen molar-refractivity contribution in [1.82, 2.24) is 0 Å². The zero-order valence-corrected chi connectivity index (χ0v) is 7.65. The van der Waals surface area contributed by atoms with Crippen molar-refractivity contribution in [3.05, 3.63) is 29.3 Å². The molecule has 1 rings (SSSR count). The minimum Gasteiger partial charge on any atom is -0.0827 e. The molecule has 0 bridgehead atoms. The lowest BCUT2D eigenvalue weighted by atomic mass is 9.84. The molecule has 0 heterocycles. The summed E-state index contributed by atoms with van der Waals surface area (Å²) in [7, 11) is 2.22. The van der Waals surface area contributed by atoms with E-state index in [2.05, 4.69) is 39.9 Å². The molecule has 0 spiro atoms. The van der Waals surface area contributed by atoms with Crippen LogP contribution in [0.3, 0.4) is 0 Å². The standard InChI is InChI=1S/C10H15B/c1-3-8-6-5-7-9(4-2)10(8)11/h5-7H,3-4,11H2,1-2H3. The molecule has 0 aliphatic heterocycles. The molecule has 1 heteroatoms. The maximum absolute atomic E-state index is 2.22. The molecule has 0 saturated carbocycles. The van der Waals surface area contributed by atoms with Gasteiger partial charge in [-0.15, -0.1) is 0 Å². The molecule has 0 N–H and O–H groups in total. The van der Waals surface area contributed by atoms with Crippen molar-refractivity contribution in [1.29, 1.82) is 0 Å². The summed E-state index contributed by atoms with van der Waals surface area (Å²) >= 11 is 0. The first-order valence-electron chi connectivity index (χ1n) is 4.37. The van der Waals surface area contributed by atoms with E-state index in [-0.39, 0.29) is 0 Å². The van der Waals surface area contributed by atoms with Gasteiger partial charge in [0.2, 0.25) is 0 Å². The minimum atomic E-state index is 1.15. The van der Waals surface area contributed by atoms with Crippen molar-refractivity contribution in [3.63, 3.8) is 0 Å². The third kappa shape index (κ3) is 1.65. The first-order chi connectivity index (χ1) is 5.29. The van der Waals surface area contributed by atoms with Crippen LogP contribution in [0.1, 0.15) is 25.0 Å². The fraction of sp³-hybridized carbons (Fsp3) is 0.400. The number of aryl methyl sites for hydroxylation is 2. The summed E-state index contributed by atoms with van der Waals surface area (Å²) in [5.74, 6) is 0. The van der Waals surface area contributed by atoms with E-state index in [0.29, 0.717) is 0 Å². The molecule has 1 aromatic rings. The van der Waals surface area contributed by atoms with Crippen LogP contribution in [-0.2, 0) is 12.8 Å². The van der Waals surface area contributed by atoms with Gasteiger partial charge >= 0.3 is 0 Å². The summed E-state index contributed by atoms with van der Waals surface area (Å²) in [4.78, 5) is 0. The highest BCUT2D eigenvalue weighted by Gasteiger charge is 1.98. The Kier molecular flexibility index (Phi) is 2.75. The van der Waals surface area contributed by atoms with Gasteiger partial charge in [0.1, 0.15) is 7.85 Å². The lowest BCUT2D eigenvalue weighted by Gasteiger charge is -2.07. The lowest BCUT2D eigenvalue weighted by Crippen LogP contribution is -2.14. The van der Waals surface area contributed by atoms with Gasteiger partial charge in [0.05, 0.1) is 0 Å². The van der Waals surface area contributed by atoms with Crippen molar-refractivity contribution in [2.75, 3.05) is 0 Å². The van der Waals surface area contributed by atoms with Crippen LogP contribution in [0.25, 0.3) is 0 Å². The van der Waals surface area contributed by atoms with Crippen LogP contribution in [0.5, 0.6) is 0 Å². The summed E-state index contributed by atoms with van der Waals surface area (Å²) in [5.41, 5.74) is 4.46. The first-order valence-corrected chi connectivity index (χ1v) is 4.37. The molecule has 0 fully saturated rings. The van der Waals surface area contributed by atoms with Gasteiger partial charge in [0.15, 0.2) is 0 Å². The molecule has 0 saturated heterocycles. The van der Waals surface area contributed by atoms with Crippen LogP contribution in [0.15, 0.2) is 18.2 Å². The summed E-state index contributed by atoms with van der Waals surface area (Å²) in [6.45, 7) is 4.42. The average Bonchev–Trinajstić information content (AvgIpc) is 2.05. The summed E-state index contributed by atoms with van der Waals surface area (Å²) < 4.78 is 0. The van der Waals surface area contributed by atoms with E-state index in [1.807, 2.05) is 0 Å². The number of rotatable bonds is 2. The predicted octanol–water partition coefficient (Wildman–Crippen LogP) is 1.07. The Hall–Kier alpha value is -0.715. The Labute approximate surface area is 70.0 Å². The molecule has 0 atom stereocenters. The summed E-state index contributed by atoms with van der Waals surface area (Å²) in [5, 5.41) is 0. The normalized spacial score (nSPS) is 10.0. The monoisotopic (exact) mass is 146 g/mol. The van der Waals surface area contributed by atoms with Gasteiger partial charge in [-0.05, 0) is 12.8 Å². The Bertz CT molecular complexity index is 218. The van der Waals surface area contributed by atoms with E-state index in [9.17, 15) is 0 Å². The Balaban J connectivity index is 3.10. The first kappa shape index (κ1) is 8.38. The van der Waals surface area contributed by atoms with Crippen molar-refractivity contribution >= 4 is 13.3 Å². The Morgan fingerprint density at radius 2 is 1.55 bits per heavy atom. The zero-order chi connectivity index (χ0) is 8.27. The molecular weight excluding hydrogens is 131 g/mol. The molecule has 0 aliphatic rings. The van der Waals surface area contributed by atoms with Crippen molar-refractivity contribution < 1.29 is 0 Å². The van der Waals surface area contributed by atoms with E-state index >= 15 is 0 Å². The number of benzene rings is 1. The zero-order valence-electron chi connectivity index (χ0n) is 7.65. The van der Waals surface area contributed by atoms with Crippen molar-refractivity contribution in [2.24, 2.45) is 0 Å². The highest BCUT2D eigenvalue weighted by molar-refractivity contribution is 6.34. The predicted molar refractivity (Wildman–Crippen MR) is 53.4 cm³/mol. The topological polar surface area (TPSA) is 0 Å². The van der Waals surface area contributed by atoms with E-state index < -0.39 is 0 Å². The van der Waals surface area contributed by atoms with Gasteiger partial charge in [-0.3, -0.25) is 0 Å². The van der Waals surface area contributed by atoms with E-state index in [1.54, 1.807) is 0 Å². The molecule has 0 aliphatic carbocycles. The van der Waals surface area contributed by atoms with E-state index in [4.69, 9.17) is 0 Å². The van der Waals surface area contributed by atoms with Gasteiger partial charge < -0.3 is 0 Å². The van der Waals surface area contributed by atoms with Crippen LogP contribution in [-0.4, -0.2) is 7.85 Å². The third-order valence-corrected chi connectivity index (χ3v) is 2.32. The van der Waals surface area contributed by atoms with Crippen LogP contribution < -0.4 is 5.46 Å². The van der Waals surface area contributed by atoms with Crippen LogP contribution in [0.4, 0.5) is 0 Å². The van der Waals surface area contributed by atoms with Gasteiger partial charge in [-0.2, -0.15) is 0 Å². The second-order valence-corrected chi connectivity index (χ2v) is 2.91. The second kappa shape index (κ2) is 3.61. The SMILES string of the molecule is Bc1c(CC)cccc1CC. The molecule has 0 unspecified atom stereocenters. The quantitative estimate of drug-likeness (QED) is 0.547. The van der Waals surface area contributed by atoms with Gasteiger partial charge in [0.25, 0.3) is 0 Å². The molecule has 1 aromatic carbocycles. The minimum absolute atomic E-state index is 1.15. The van der Waals surface area contributed by atoms with Gasteiger partial charge in [0, 0.05) is 0 Å². The van der Waals surface area contributed by atoms with E-state index in [1.165, 1.54) is 16.6 Å². The fourth-order valence-corrected chi connectivity index (χ4v) is 1.50.